The van der Waals surface area contributed by atoms with Crippen molar-refractivity contribution in [2.45, 2.75) is 46.6 Å². The first-order valence-corrected chi connectivity index (χ1v) is 8.66. The second-order valence-corrected chi connectivity index (χ2v) is 6.28. The van der Waals surface area contributed by atoms with Crippen LogP contribution in [-0.4, -0.2) is 12.0 Å². The van der Waals surface area contributed by atoms with Crippen LogP contribution in [0.15, 0.2) is 36.4 Å². The Morgan fingerprint density at radius 2 is 1.92 bits per heavy atom. The van der Waals surface area contributed by atoms with E-state index in [1.807, 2.05) is 45.0 Å². The van der Waals surface area contributed by atoms with E-state index in [4.69, 9.17) is 16.3 Å². The minimum atomic E-state index is -0.546. The van der Waals surface area contributed by atoms with E-state index >= 15 is 0 Å². The van der Waals surface area contributed by atoms with Gasteiger partial charge in [0.25, 0.3) is 5.91 Å². The molecule has 4 heteroatoms. The number of anilines is 1. The van der Waals surface area contributed by atoms with Gasteiger partial charge in [0.05, 0.1) is 0 Å². The molecule has 1 amide bonds. The molecule has 1 atom stereocenters. The number of hydrogen-bond acceptors (Lipinski definition) is 2. The van der Waals surface area contributed by atoms with E-state index in [1.54, 1.807) is 12.1 Å². The van der Waals surface area contributed by atoms with E-state index in [-0.39, 0.29) is 5.91 Å². The number of halogens is 1. The van der Waals surface area contributed by atoms with E-state index in [0.29, 0.717) is 17.2 Å². The SMILES string of the molecule is CCc1cccc(C)c1NC(=O)[C@@H](CC)Oc1ccc(Cl)c(C)c1. The fraction of sp³-hybridized carbons (Fsp3) is 0.350. The summed E-state index contributed by atoms with van der Waals surface area (Å²) >= 11 is 6.04. The number of rotatable bonds is 6. The fourth-order valence-corrected chi connectivity index (χ4v) is 2.70. The minimum Gasteiger partial charge on any atom is -0.481 e. The molecular weight excluding hydrogens is 322 g/mol. The van der Waals surface area contributed by atoms with Gasteiger partial charge >= 0.3 is 0 Å². The zero-order chi connectivity index (χ0) is 17.7. The van der Waals surface area contributed by atoms with Crippen molar-refractivity contribution in [2.24, 2.45) is 0 Å². The van der Waals surface area contributed by atoms with Crippen LogP contribution >= 0.6 is 11.6 Å². The molecular formula is C20H24ClNO2. The maximum atomic E-state index is 12.7. The zero-order valence-electron chi connectivity index (χ0n) is 14.7. The highest BCUT2D eigenvalue weighted by molar-refractivity contribution is 6.31. The molecule has 0 spiro atoms. The van der Waals surface area contributed by atoms with Crippen LogP contribution in [0.1, 0.15) is 37.0 Å². The first kappa shape index (κ1) is 18.3. The topological polar surface area (TPSA) is 38.3 Å². The van der Waals surface area contributed by atoms with Gasteiger partial charge in [-0.25, -0.2) is 0 Å². The molecule has 0 aromatic heterocycles. The molecule has 0 radical (unpaired) electrons. The summed E-state index contributed by atoms with van der Waals surface area (Å²) in [7, 11) is 0. The molecule has 1 N–H and O–H groups in total. The number of carbonyl (C=O) groups excluding carboxylic acids is 1. The second kappa shape index (κ2) is 8.20. The quantitative estimate of drug-likeness (QED) is 0.769. The Balaban J connectivity index is 2.16. The molecule has 0 heterocycles. The monoisotopic (exact) mass is 345 g/mol. The van der Waals surface area contributed by atoms with Crippen LogP contribution in [0.25, 0.3) is 0 Å². The molecule has 0 bridgehead atoms. The third kappa shape index (κ3) is 4.30. The number of benzene rings is 2. The van der Waals surface area contributed by atoms with Gasteiger partial charge in [-0.05, 0) is 61.6 Å². The van der Waals surface area contributed by atoms with Gasteiger partial charge in [0.2, 0.25) is 0 Å². The zero-order valence-corrected chi connectivity index (χ0v) is 15.4. The Labute approximate surface area is 149 Å². The molecule has 0 aliphatic rings. The van der Waals surface area contributed by atoms with Crippen molar-refractivity contribution in [1.29, 1.82) is 0 Å². The smallest absolute Gasteiger partial charge is 0.265 e. The second-order valence-electron chi connectivity index (χ2n) is 5.88. The summed E-state index contributed by atoms with van der Waals surface area (Å²) < 4.78 is 5.88. The van der Waals surface area contributed by atoms with Crippen LogP contribution in [0.2, 0.25) is 5.02 Å². The molecule has 3 nitrogen and oxygen atoms in total. The third-order valence-electron chi connectivity index (χ3n) is 4.06. The largest absolute Gasteiger partial charge is 0.481 e. The molecule has 0 aliphatic heterocycles. The Morgan fingerprint density at radius 1 is 1.17 bits per heavy atom. The van der Waals surface area contributed by atoms with Gasteiger partial charge in [-0.3, -0.25) is 4.79 Å². The first-order chi connectivity index (χ1) is 11.5. The lowest BCUT2D eigenvalue weighted by Crippen LogP contribution is -2.33. The summed E-state index contributed by atoms with van der Waals surface area (Å²) in [6.07, 6.45) is 0.904. The van der Waals surface area contributed by atoms with Gasteiger partial charge in [0.1, 0.15) is 5.75 Å². The highest BCUT2D eigenvalue weighted by atomic mass is 35.5. The lowest BCUT2D eigenvalue weighted by molar-refractivity contribution is -0.122. The number of carbonyl (C=O) groups is 1. The third-order valence-corrected chi connectivity index (χ3v) is 4.48. The fourth-order valence-electron chi connectivity index (χ4n) is 2.58. The maximum Gasteiger partial charge on any atom is 0.265 e. The van der Waals surface area contributed by atoms with E-state index in [2.05, 4.69) is 12.2 Å². The molecule has 0 fully saturated rings. The lowest BCUT2D eigenvalue weighted by Gasteiger charge is -2.20. The van der Waals surface area contributed by atoms with Gasteiger partial charge in [0, 0.05) is 10.7 Å². The lowest BCUT2D eigenvalue weighted by atomic mass is 10.1. The van der Waals surface area contributed by atoms with E-state index in [0.717, 1.165) is 28.8 Å². The minimum absolute atomic E-state index is 0.130. The van der Waals surface area contributed by atoms with E-state index in [1.165, 1.54) is 0 Å². The van der Waals surface area contributed by atoms with Crippen molar-refractivity contribution < 1.29 is 9.53 Å². The summed E-state index contributed by atoms with van der Waals surface area (Å²) in [5, 5.41) is 3.72. The van der Waals surface area contributed by atoms with Crippen molar-refractivity contribution in [3.8, 4) is 5.75 Å². The van der Waals surface area contributed by atoms with Crippen LogP contribution < -0.4 is 10.1 Å². The maximum absolute atomic E-state index is 12.7. The Bertz CT molecular complexity index is 728. The predicted molar refractivity (Wildman–Crippen MR) is 100 cm³/mol. The van der Waals surface area contributed by atoms with E-state index in [9.17, 15) is 4.79 Å². The van der Waals surface area contributed by atoms with Crippen molar-refractivity contribution in [2.75, 3.05) is 5.32 Å². The van der Waals surface area contributed by atoms with Crippen LogP contribution in [-0.2, 0) is 11.2 Å². The van der Waals surface area contributed by atoms with Crippen molar-refractivity contribution >= 4 is 23.2 Å². The van der Waals surface area contributed by atoms with Crippen molar-refractivity contribution in [1.82, 2.24) is 0 Å². The van der Waals surface area contributed by atoms with Gasteiger partial charge < -0.3 is 10.1 Å². The first-order valence-electron chi connectivity index (χ1n) is 8.28. The van der Waals surface area contributed by atoms with Crippen LogP contribution in [0.3, 0.4) is 0 Å². The summed E-state index contributed by atoms with van der Waals surface area (Å²) in [5.74, 6) is 0.522. The number of amides is 1. The number of para-hydroxylation sites is 1. The predicted octanol–water partition coefficient (Wildman–Crippen LogP) is 5.32. The number of ether oxygens (including phenoxy) is 1. The highest BCUT2D eigenvalue weighted by Gasteiger charge is 2.20. The number of nitrogens with one attached hydrogen (secondary N) is 1. The van der Waals surface area contributed by atoms with Gasteiger partial charge in [-0.15, -0.1) is 0 Å². The summed E-state index contributed by atoms with van der Waals surface area (Å²) in [6, 6.07) is 11.5. The average Bonchev–Trinajstić information content (AvgIpc) is 2.57. The van der Waals surface area contributed by atoms with E-state index < -0.39 is 6.10 Å². The molecule has 0 saturated heterocycles. The molecule has 0 unspecified atom stereocenters. The van der Waals surface area contributed by atoms with Gasteiger partial charge in [-0.2, -0.15) is 0 Å². The Hall–Kier alpha value is -2.00. The highest BCUT2D eigenvalue weighted by Crippen LogP contribution is 2.24. The molecule has 0 saturated carbocycles. The molecule has 24 heavy (non-hydrogen) atoms. The molecule has 2 aromatic rings. The standard InChI is InChI=1S/C20H24ClNO2/c1-5-15-9-7-8-13(3)19(15)22-20(23)18(6-2)24-16-10-11-17(21)14(4)12-16/h7-12,18H,5-6H2,1-4H3,(H,22,23)/t18-/m1/s1. The van der Waals surface area contributed by atoms with Crippen molar-refractivity contribution in [3.63, 3.8) is 0 Å². The summed E-state index contributed by atoms with van der Waals surface area (Å²) in [4.78, 5) is 12.7. The number of aryl methyl sites for hydroxylation is 3. The van der Waals surface area contributed by atoms with Gasteiger partial charge in [0.15, 0.2) is 6.10 Å². The van der Waals surface area contributed by atoms with Crippen LogP contribution in [0.5, 0.6) is 5.75 Å². The van der Waals surface area contributed by atoms with Crippen LogP contribution in [0, 0.1) is 13.8 Å². The van der Waals surface area contributed by atoms with Gasteiger partial charge in [-0.1, -0.05) is 43.6 Å². The van der Waals surface area contributed by atoms with Crippen molar-refractivity contribution in [3.05, 3.63) is 58.1 Å². The average molecular weight is 346 g/mol. The Morgan fingerprint density at radius 3 is 2.54 bits per heavy atom. The number of hydrogen-bond donors (Lipinski definition) is 1. The molecule has 128 valence electrons. The molecule has 2 rings (SSSR count). The van der Waals surface area contributed by atoms with Crippen LogP contribution in [0.4, 0.5) is 5.69 Å². The summed E-state index contributed by atoms with van der Waals surface area (Å²) in [6.45, 7) is 7.93. The normalized spacial score (nSPS) is 11.9. The molecule has 0 aliphatic carbocycles. The summed E-state index contributed by atoms with van der Waals surface area (Å²) in [5.41, 5.74) is 4.00. The molecule has 2 aromatic carbocycles. The Kier molecular flexibility index (Phi) is 6.27.